The van der Waals surface area contributed by atoms with Crippen LogP contribution in [0.15, 0.2) is 24.3 Å². The predicted octanol–water partition coefficient (Wildman–Crippen LogP) is 1.34. The van der Waals surface area contributed by atoms with Crippen LogP contribution in [0.5, 0.6) is 5.75 Å². The third kappa shape index (κ3) is 3.47. The van der Waals surface area contributed by atoms with Gasteiger partial charge in [0.05, 0.1) is 24.8 Å². The van der Waals surface area contributed by atoms with Gasteiger partial charge in [0.25, 0.3) is 0 Å². The zero-order valence-electron chi connectivity index (χ0n) is 13.3. The van der Waals surface area contributed by atoms with Crippen LogP contribution in [0.4, 0.5) is 5.69 Å². The van der Waals surface area contributed by atoms with Crippen LogP contribution in [0.1, 0.15) is 19.3 Å². The SMILES string of the molecule is COc1ccccc1N1C[C@H](C(=O)NC[C@H]2CCCO2)CC1=O. The number of benzene rings is 1. The number of hydrogen-bond donors (Lipinski definition) is 1. The Morgan fingerprint density at radius 3 is 3.00 bits per heavy atom. The molecule has 2 aliphatic rings. The number of amides is 2. The van der Waals surface area contributed by atoms with Crippen LogP contribution in [-0.2, 0) is 14.3 Å². The number of carbonyl (C=O) groups is 2. The van der Waals surface area contributed by atoms with Crippen molar-refractivity contribution in [3.63, 3.8) is 0 Å². The molecule has 0 spiro atoms. The van der Waals surface area contributed by atoms with Crippen LogP contribution >= 0.6 is 0 Å². The van der Waals surface area contributed by atoms with E-state index < -0.39 is 0 Å². The minimum atomic E-state index is -0.325. The Balaban J connectivity index is 1.61. The molecule has 2 heterocycles. The average molecular weight is 318 g/mol. The van der Waals surface area contributed by atoms with Gasteiger partial charge in [-0.1, -0.05) is 12.1 Å². The fourth-order valence-corrected chi connectivity index (χ4v) is 3.13. The Labute approximate surface area is 135 Å². The molecule has 2 amide bonds. The van der Waals surface area contributed by atoms with Crippen LogP contribution in [0.2, 0.25) is 0 Å². The highest BCUT2D eigenvalue weighted by molar-refractivity contribution is 6.01. The maximum absolute atomic E-state index is 12.3. The van der Waals surface area contributed by atoms with E-state index in [0.717, 1.165) is 25.1 Å². The normalized spacial score (nSPS) is 24.0. The van der Waals surface area contributed by atoms with Gasteiger partial charge in [0.2, 0.25) is 11.8 Å². The van der Waals surface area contributed by atoms with Crippen molar-refractivity contribution in [1.29, 1.82) is 0 Å². The summed E-state index contributed by atoms with van der Waals surface area (Å²) in [4.78, 5) is 26.2. The van der Waals surface area contributed by atoms with Gasteiger partial charge >= 0.3 is 0 Å². The maximum atomic E-state index is 12.3. The number of anilines is 1. The summed E-state index contributed by atoms with van der Waals surface area (Å²) in [6, 6.07) is 7.36. The van der Waals surface area contributed by atoms with Gasteiger partial charge in [-0.05, 0) is 25.0 Å². The smallest absolute Gasteiger partial charge is 0.227 e. The van der Waals surface area contributed by atoms with Gasteiger partial charge < -0.3 is 19.7 Å². The van der Waals surface area contributed by atoms with Crippen molar-refractivity contribution in [3.05, 3.63) is 24.3 Å². The van der Waals surface area contributed by atoms with Crippen molar-refractivity contribution in [2.75, 3.05) is 31.7 Å². The molecule has 1 aromatic carbocycles. The Bertz CT molecular complexity index is 584. The number of nitrogens with one attached hydrogen (secondary N) is 1. The number of carbonyl (C=O) groups excluding carboxylic acids is 2. The molecule has 1 aromatic rings. The molecule has 0 unspecified atom stereocenters. The molecule has 6 heteroatoms. The molecule has 0 radical (unpaired) electrons. The van der Waals surface area contributed by atoms with Crippen LogP contribution < -0.4 is 15.0 Å². The summed E-state index contributed by atoms with van der Waals surface area (Å²) in [6.45, 7) is 1.68. The second kappa shape index (κ2) is 7.00. The molecule has 0 aromatic heterocycles. The highest BCUT2D eigenvalue weighted by Gasteiger charge is 2.36. The van der Waals surface area contributed by atoms with E-state index in [1.54, 1.807) is 12.0 Å². The van der Waals surface area contributed by atoms with Gasteiger partial charge in [-0.15, -0.1) is 0 Å². The van der Waals surface area contributed by atoms with E-state index in [4.69, 9.17) is 9.47 Å². The van der Waals surface area contributed by atoms with E-state index in [1.165, 1.54) is 0 Å². The average Bonchev–Trinajstić information content (AvgIpc) is 3.22. The van der Waals surface area contributed by atoms with Gasteiger partial charge in [-0.25, -0.2) is 0 Å². The quantitative estimate of drug-likeness (QED) is 0.890. The molecule has 2 atom stereocenters. The topological polar surface area (TPSA) is 67.9 Å². The highest BCUT2D eigenvalue weighted by atomic mass is 16.5. The Morgan fingerprint density at radius 2 is 2.26 bits per heavy atom. The molecule has 2 saturated heterocycles. The van der Waals surface area contributed by atoms with Gasteiger partial charge in [-0.2, -0.15) is 0 Å². The molecule has 2 aliphatic heterocycles. The van der Waals surface area contributed by atoms with Gasteiger partial charge in [0, 0.05) is 26.1 Å². The van der Waals surface area contributed by atoms with E-state index in [2.05, 4.69) is 5.32 Å². The Morgan fingerprint density at radius 1 is 1.43 bits per heavy atom. The van der Waals surface area contributed by atoms with Crippen LogP contribution in [0, 0.1) is 5.92 Å². The van der Waals surface area contributed by atoms with Gasteiger partial charge in [0.15, 0.2) is 0 Å². The largest absolute Gasteiger partial charge is 0.495 e. The third-order valence-corrected chi connectivity index (χ3v) is 4.40. The summed E-state index contributed by atoms with van der Waals surface area (Å²) in [5.41, 5.74) is 0.717. The minimum Gasteiger partial charge on any atom is -0.495 e. The molecule has 0 aliphatic carbocycles. The lowest BCUT2D eigenvalue weighted by Gasteiger charge is -2.19. The van der Waals surface area contributed by atoms with E-state index in [1.807, 2.05) is 24.3 Å². The lowest BCUT2D eigenvalue weighted by Crippen LogP contribution is -2.37. The molecular formula is C17H22N2O4. The van der Waals surface area contributed by atoms with E-state index in [0.29, 0.717) is 18.8 Å². The second-order valence-corrected chi connectivity index (χ2v) is 5.96. The van der Waals surface area contributed by atoms with Crippen LogP contribution in [0.3, 0.4) is 0 Å². The van der Waals surface area contributed by atoms with Crippen molar-refractivity contribution >= 4 is 17.5 Å². The second-order valence-electron chi connectivity index (χ2n) is 5.96. The minimum absolute atomic E-state index is 0.0493. The number of nitrogens with zero attached hydrogens (tertiary/aromatic N) is 1. The fraction of sp³-hybridized carbons (Fsp3) is 0.529. The first-order valence-electron chi connectivity index (χ1n) is 8.01. The summed E-state index contributed by atoms with van der Waals surface area (Å²) in [5.74, 6) is 0.188. The summed E-state index contributed by atoms with van der Waals surface area (Å²) in [6.07, 6.45) is 2.37. The number of hydrogen-bond acceptors (Lipinski definition) is 4. The van der Waals surface area contributed by atoms with E-state index >= 15 is 0 Å². The number of methoxy groups -OCH3 is 1. The molecule has 1 N–H and O–H groups in total. The molecule has 3 rings (SSSR count). The first-order chi connectivity index (χ1) is 11.2. The molecular weight excluding hydrogens is 296 g/mol. The lowest BCUT2D eigenvalue weighted by molar-refractivity contribution is -0.126. The van der Waals surface area contributed by atoms with Crippen molar-refractivity contribution in [2.45, 2.75) is 25.4 Å². The van der Waals surface area contributed by atoms with Crippen molar-refractivity contribution in [2.24, 2.45) is 5.92 Å². The van der Waals surface area contributed by atoms with E-state index in [9.17, 15) is 9.59 Å². The first kappa shape index (κ1) is 15.8. The van der Waals surface area contributed by atoms with Crippen molar-refractivity contribution in [1.82, 2.24) is 5.32 Å². The zero-order valence-corrected chi connectivity index (χ0v) is 13.3. The lowest BCUT2D eigenvalue weighted by atomic mass is 10.1. The predicted molar refractivity (Wildman–Crippen MR) is 85.4 cm³/mol. The summed E-state index contributed by atoms with van der Waals surface area (Å²) >= 11 is 0. The zero-order chi connectivity index (χ0) is 16.2. The molecule has 6 nitrogen and oxygen atoms in total. The van der Waals surface area contributed by atoms with Gasteiger partial charge in [0.1, 0.15) is 5.75 Å². The third-order valence-electron chi connectivity index (χ3n) is 4.40. The molecule has 2 fully saturated rings. The van der Waals surface area contributed by atoms with Crippen LogP contribution in [0.25, 0.3) is 0 Å². The number of para-hydroxylation sites is 2. The number of ether oxygens (including phenoxy) is 2. The van der Waals surface area contributed by atoms with Crippen molar-refractivity contribution < 1.29 is 19.1 Å². The monoisotopic (exact) mass is 318 g/mol. The molecule has 23 heavy (non-hydrogen) atoms. The standard InChI is InChI=1S/C17H22N2O4/c1-22-15-7-3-2-6-14(15)19-11-12(9-16(19)20)17(21)18-10-13-5-4-8-23-13/h2-3,6-7,12-13H,4-5,8-11H2,1H3,(H,18,21)/t12-,13-/m1/s1. The highest BCUT2D eigenvalue weighted by Crippen LogP contribution is 2.32. The Kier molecular flexibility index (Phi) is 4.81. The van der Waals surface area contributed by atoms with Gasteiger partial charge in [-0.3, -0.25) is 9.59 Å². The fourth-order valence-electron chi connectivity index (χ4n) is 3.13. The summed E-state index contributed by atoms with van der Waals surface area (Å²) < 4.78 is 10.8. The molecule has 0 saturated carbocycles. The first-order valence-corrected chi connectivity index (χ1v) is 8.01. The molecule has 124 valence electrons. The maximum Gasteiger partial charge on any atom is 0.227 e. The molecule has 0 bridgehead atoms. The summed E-state index contributed by atoms with van der Waals surface area (Å²) in [5, 5.41) is 2.91. The van der Waals surface area contributed by atoms with Crippen molar-refractivity contribution in [3.8, 4) is 5.75 Å². The number of rotatable bonds is 5. The summed E-state index contributed by atoms with van der Waals surface area (Å²) in [7, 11) is 1.57. The Hall–Kier alpha value is -2.08. The van der Waals surface area contributed by atoms with Crippen LogP contribution in [-0.4, -0.2) is 44.7 Å². The van der Waals surface area contributed by atoms with E-state index in [-0.39, 0.29) is 30.3 Å².